The molecule has 0 spiro atoms. The molecule has 0 saturated carbocycles. The molecule has 3 heterocycles. The van der Waals surface area contributed by atoms with E-state index in [4.69, 9.17) is 9.84 Å². The summed E-state index contributed by atoms with van der Waals surface area (Å²) in [7, 11) is 0. The second kappa shape index (κ2) is 5.80. The summed E-state index contributed by atoms with van der Waals surface area (Å²) in [4.78, 5) is 19.7. The van der Waals surface area contributed by atoms with E-state index in [1.54, 1.807) is 6.20 Å². The predicted molar refractivity (Wildman–Crippen MR) is 75.0 cm³/mol. The number of hydrogen-bond acceptors (Lipinski definition) is 5. The molecule has 0 bridgehead atoms. The Morgan fingerprint density at radius 3 is 3.25 bits per heavy atom. The Morgan fingerprint density at radius 2 is 2.50 bits per heavy atom. The van der Waals surface area contributed by atoms with Crippen LogP contribution < -0.4 is 0 Å². The van der Waals surface area contributed by atoms with Crippen molar-refractivity contribution in [3.8, 4) is 0 Å². The summed E-state index contributed by atoms with van der Waals surface area (Å²) in [5.74, 6) is -0.849. The fourth-order valence-corrected chi connectivity index (χ4v) is 3.18. The second-order valence-corrected chi connectivity index (χ2v) is 5.61. The van der Waals surface area contributed by atoms with Crippen LogP contribution in [0.4, 0.5) is 0 Å². The lowest BCUT2D eigenvalue weighted by Crippen LogP contribution is -2.22. The molecule has 20 heavy (non-hydrogen) atoms. The molecule has 0 aliphatic carbocycles. The van der Waals surface area contributed by atoms with Crippen LogP contribution in [0, 0.1) is 0 Å². The fourth-order valence-electron chi connectivity index (χ4n) is 2.39. The van der Waals surface area contributed by atoms with E-state index < -0.39 is 5.97 Å². The maximum absolute atomic E-state index is 10.8. The van der Waals surface area contributed by atoms with Gasteiger partial charge in [0.05, 0.1) is 18.4 Å². The highest BCUT2D eigenvalue weighted by molar-refractivity contribution is 7.99. The monoisotopic (exact) mass is 293 g/mol. The molecule has 7 heteroatoms. The van der Waals surface area contributed by atoms with Gasteiger partial charge in [-0.3, -0.25) is 9.36 Å². The van der Waals surface area contributed by atoms with Gasteiger partial charge in [0.15, 0.2) is 10.8 Å². The van der Waals surface area contributed by atoms with Crippen LogP contribution in [0.1, 0.15) is 18.9 Å². The van der Waals surface area contributed by atoms with Gasteiger partial charge in [-0.1, -0.05) is 11.8 Å². The van der Waals surface area contributed by atoms with E-state index in [1.807, 2.05) is 16.7 Å². The first-order valence-corrected chi connectivity index (χ1v) is 7.49. The summed E-state index contributed by atoms with van der Waals surface area (Å²) < 4.78 is 7.56. The molecule has 0 radical (unpaired) electrons. The third kappa shape index (κ3) is 2.64. The minimum Gasteiger partial charge on any atom is -0.481 e. The van der Waals surface area contributed by atoms with E-state index in [2.05, 4.69) is 9.97 Å². The van der Waals surface area contributed by atoms with Crippen molar-refractivity contribution in [1.29, 1.82) is 0 Å². The van der Waals surface area contributed by atoms with Gasteiger partial charge >= 0.3 is 5.97 Å². The van der Waals surface area contributed by atoms with Crippen LogP contribution >= 0.6 is 11.8 Å². The Bertz CT molecular complexity index is 622. The standard InChI is InChI=1S/C13H15N3O3S/c17-11(18)8-20-13-15-10-4-1-5-14-12(10)16(13)9-3-2-6-19-7-9/h1,4-5,9H,2-3,6-8H2,(H,17,18). The van der Waals surface area contributed by atoms with Gasteiger partial charge in [-0.25, -0.2) is 9.97 Å². The number of aromatic nitrogens is 3. The minimum atomic E-state index is -0.846. The molecule has 0 amide bonds. The van der Waals surface area contributed by atoms with Gasteiger partial charge in [0, 0.05) is 12.8 Å². The summed E-state index contributed by atoms with van der Waals surface area (Å²) in [5, 5.41) is 9.56. The molecule has 1 aliphatic rings. The molecule has 1 saturated heterocycles. The second-order valence-electron chi connectivity index (χ2n) is 4.66. The largest absolute Gasteiger partial charge is 0.481 e. The molecule has 6 nitrogen and oxygen atoms in total. The molecule has 1 N–H and O–H groups in total. The highest BCUT2D eigenvalue weighted by Gasteiger charge is 2.23. The highest BCUT2D eigenvalue weighted by Crippen LogP contribution is 2.30. The lowest BCUT2D eigenvalue weighted by Gasteiger charge is -2.24. The Balaban J connectivity index is 2.00. The highest BCUT2D eigenvalue weighted by atomic mass is 32.2. The van der Waals surface area contributed by atoms with Gasteiger partial charge in [0.1, 0.15) is 5.52 Å². The predicted octanol–water partition coefficient (Wildman–Crippen LogP) is 1.96. The maximum Gasteiger partial charge on any atom is 0.313 e. The molecule has 0 aromatic carbocycles. The molecular weight excluding hydrogens is 278 g/mol. The molecule has 1 atom stereocenters. The van der Waals surface area contributed by atoms with E-state index >= 15 is 0 Å². The van der Waals surface area contributed by atoms with Gasteiger partial charge < -0.3 is 9.84 Å². The summed E-state index contributed by atoms with van der Waals surface area (Å²) in [6.45, 7) is 1.41. The number of imidazole rings is 1. The summed E-state index contributed by atoms with van der Waals surface area (Å²) in [6.07, 6.45) is 3.73. The van der Waals surface area contributed by atoms with Crippen LogP contribution in [0.5, 0.6) is 0 Å². The smallest absolute Gasteiger partial charge is 0.313 e. The molecule has 2 aromatic heterocycles. The molecule has 106 valence electrons. The fraction of sp³-hybridized carbons (Fsp3) is 0.462. The normalized spacial score (nSPS) is 19.3. The van der Waals surface area contributed by atoms with Crippen molar-refractivity contribution in [3.63, 3.8) is 0 Å². The van der Waals surface area contributed by atoms with E-state index in [1.165, 1.54) is 11.8 Å². The van der Waals surface area contributed by atoms with Gasteiger partial charge in [0.25, 0.3) is 0 Å². The van der Waals surface area contributed by atoms with Gasteiger partial charge in [-0.2, -0.15) is 0 Å². The van der Waals surface area contributed by atoms with E-state index in [9.17, 15) is 4.79 Å². The summed E-state index contributed by atoms with van der Waals surface area (Å²) >= 11 is 1.23. The first-order valence-electron chi connectivity index (χ1n) is 6.51. The molecule has 2 aromatic rings. The zero-order valence-corrected chi connectivity index (χ0v) is 11.7. The van der Waals surface area contributed by atoms with Crippen molar-refractivity contribution in [2.45, 2.75) is 24.0 Å². The molecular formula is C13H15N3O3S. The number of thioether (sulfide) groups is 1. The zero-order valence-electron chi connectivity index (χ0n) is 10.9. The lowest BCUT2D eigenvalue weighted by atomic mass is 10.1. The lowest BCUT2D eigenvalue weighted by molar-refractivity contribution is -0.133. The number of hydrogen-bond donors (Lipinski definition) is 1. The van der Waals surface area contributed by atoms with E-state index in [0.29, 0.717) is 11.8 Å². The SMILES string of the molecule is O=C(O)CSc1nc2cccnc2n1C1CCCOC1. The Morgan fingerprint density at radius 1 is 1.60 bits per heavy atom. The number of carboxylic acids is 1. The average Bonchev–Trinajstić information content (AvgIpc) is 2.84. The number of carbonyl (C=O) groups is 1. The zero-order chi connectivity index (χ0) is 13.9. The van der Waals surface area contributed by atoms with Gasteiger partial charge in [-0.05, 0) is 25.0 Å². The third-order valence-electron chi connectivity index (χ3n) is 3.24. The Labute approximate surface area is 120 Å². The average molecular weight is 293 g/mol. The van der Waals surface area contributed by atoms with Crippen LogP contribution in [-0.4, -0.2) is 44.6 Å². The van der Waals surface area contributed by atoms with Crippen LogP contribution in [0.2, 0.25) is 0 Å². The van der Waals surface area contributed by atoms with E-state index in [-0.39, 0.29) is 11.8 Å². The van der Waals surface area contributed by atoms with Crippen LogP contribution in [-0.2, 0) is 9.53 Å². The van der Waals surface area contributed by atoms with Crippen molar-refractivity contribution >= 4 is 28.9 Å². The minimum absolute atomic E-state index is 0.00308. The first-order chi connectivity index (χ1) is 9.75. The summed E-state index contributed by atoms with van der Waals surface area (Å²) in [5.41, 5.74) is 1.60. The molecule has 1 unspecified atom stereocenters. The Hall–Kier alpha value is -1.60. The topological polar surface area (TPSA) is 77.2 Å². The molecule has 1 aliphatic heterocycles. The van der Waals surface area contributed by atoms with Gasteiger partial charge in [-0.15, -0.1) is 0 Å². The molecule has 3 rings (SSSR count). The Kier molecular flexibility index (Phi) is 3.88. The van der Waals surface area contributed by atoms with E-state index in [0.717, 1.165) is 30.6 Å². The van der Waals surface area contributed by atoms with Crippen molar-refractivity contribution in [3.05, 3.63) is 18.3 Å². The number of ether oxygens (including phenoxy) is 1. The van der Waals surface area contributed by atoms with Crippen LogP contribution in [0.3, 0.4) is 0 Å². The number of carboxylic acid groups (broad SMARTS) is 1. The van der Waals surface area contributed by atoms with Crippen molar-refractivity contribution in [2.75, 3.05) is 19.0 Å². The molecule has 1 fully saturated rings. The maximum atomic E-state index is 10.8. The number of nitrogens with zero attached hydrogens (tertiary/aromatic N) is 3. The number of pyridine rings is 1. The van der Waals surface area contributed by atoms with Crippen molar-refractivity contribution < 1.29 is 14.6 Å². The number of aliphatic carboxylic acids is 1. The number of rotatable bonds is 4. The van der Waals surface area contributed by atoms with Crippen LogP contribution in [0.15, 0.2) is 23.5 Å². The van der Waals surface area contributed by atoms with Gasteiger partial charge in [0.2, 0.25) is 0 Å². The van der Waals surface area contributed by atoms with Crippen molar-refractivity contribution in [2.24, 2.45) is 0 Å². The van der Waals surface area contributed by atoms with Crippen LogP contribution in [0.25, 0.3) is 11.2 Å². The quantitative estimate of drug-likeness (QED) is 0.868. The van der Waals surface area contributed by atoms with Crippen molar-refractivity contribution in [1.82, 2.24) is 14.5 Å². The number of fused-ring (bicyclic) bond motifs is 1. The summed E-state index contributed by atoms with van der Waals surface area (Å²) in [6, 6.07) is 3.91. The first kappa shape index (κ1) is 13.4. The third-order valence-corrected chi connectivity index (χ3v) is 4.18.